The number of nitrogens with zero attached hydrogens (tertiary/aromatic N) is 2. The van der Waals surface area contributed by atoms with Crippen molar-refractivity contribution in [3.05, 3.63) is 42.5 Å². The lowest BCUT2D eigenvalue weighted by Gasteiger charge is -2.23. The number of anilines is 3. The molecule has 2 N–H and O–H groups in total. The zero-order valence-corrected chi connectivity index (χ0v) is 19.9. The molecular formula is C22H26N4O5S2. The van der Waals surface area contributed by atoms with Gasteiger partial charge in [0.1, 0.15) is 17.2 Å². The normalized spacial score (nSPS) is 16.2. The summed E-state index contributed by atoms with van der Waals surface area (Å²) in [6.45, 7) is 1.48. The molecule has 2 aliphatic heterocycles. The van der Waals surface area contributed by atoms with E-state index in [0.717, 1.165) is 25.9 Å². The average molecular weight is 491 g/mol. The van der Waals surface area contributed by atoms with Crippen LogP contribution in [0.5, 0.6) is 5.75 Å². The van der Waals surface area contributed by atoms with Gasteiger partial charge in [-0.15, -0.1) is 11.8 Å². The summed E-state index contributed by atoms with van der Waals surface area (Å²) in [5, 5.41) is 2.73. The maximum absolute atomic E-state index is 13.4. The van der Waals surface area contributed by atoms with Crippen molar-refractivity contribution in [2.75, 3.05) is 53.3 Å². The lowest BCUT2D eigenvalue weighted by Crippen LogP contribution is -2.34. The zero-order chi connectivity index (χ0) is 23.4. The smallest absolute Gasteiger partial charge is 0.264 e. The maximum Gasteiger partial charge on any atom is 0.264 e. The molecule has 2 heterocycles. The summed E-state index contributed by atoms with van der Waals surface area (Å²) in [5.41, 5.74) is 1.36. The van der Waals surface area contributed by atoms with E-state index in [1.54, 1.807) is 43.5 Å². The van der Waals surface area contributed by atoms with E-state index in [4.69, 9.17) is 4.74 Å². The van der Waals surface area contributed by atoms with Gasteiger partial charge in [-0.1, -0.05) is 0 Å². The van der Waals surface area contributed by atoms with Crippen molar-refractivity contribution < 1.29 is 22.7 Å². The topological polar surface area (TPSA) is 108 Å². The monoisotopic (exact) mass is 490 g/mol. The largest absolute Gasteiger partial charge is 0.497 e. The van der Waals surface area contributed by atoms with Crippen LogP contribution in [0.1, 0.15) is 12.8 Å². The number of hydrogen-bond acceptors (Lipinski definition) is 7. The number of amides is 2. The van der Waals surface area contributed by atoms with Gasteiger partial charge >= 0.3 is 0 Å². The highest BCUT2D eigenvalue weighted by Crippen LogP contribution is 2.32. The fraction of sp³-hybridized carbons (Fsp3) is 0.364. The van der Waals surface area contributed by atoms with E-state index in [1.807, 2.05) is 4.90 Å². The van der Waals surface area contributed by atoms with E-state index in [0.29, 0.717) is 34.4 Å². The predicted octanol–water partition coefficient (Wildman–Crippen LogP) is 2.57. The van der Waals surface area contributed by atoms with Gasteiger partial charge in [-0.2, -0.15) is 0 Å². The fourth-order valence-corrected chi connectivity index (χ4v) is 6.02. The first kappa shape index (κ1) is 23.2. The van der Waals surface area contributed by atoms with E-state index in [-0.39, 0.29) is 23.3 Å². The van der Waals surface area contributed by atoms with Gasteiger partial charge < -0.3 is 19.9 Å². The lowest BCUT2D eigenvalue weighted by molar-refractivity contribution is -0.130. The summed E-state index contributed by atoms with van der Waals surface area (Å²) in [5.74, 6) is 1.02. The quantitative estimate of drug-likeness (QED) is 0.586. The number of thioether (sulfide) groups is 1. The Balaban J connectivity index is 1.59. The zero-order valence-electron chi connectivity index (χ0n) is 18.2. The van der Waals surface area contributed by atoms with Gasteiger partial charge in [0, 0.05) is 24.5 Å². The van der Waals surface area contributed by atoms with E-state index in [1.165, 1.54) is 22.7 Å². The summed E-state index contributed by atoms with van der Waals surface area (Å²) < 4.78 is 34.5. The van der Waals surface area contributed by atoms with Crippen molar-refractivity contribution in [2.24, 2.45) is 0 Å². The summed E-state index contributed by atoms with van der Waals surface area (Å²) >= 11 is 1.46. The molecule has 0 aromatic heterocycles. The summed E-state index contributed by atoms with van der Waals surface area (Å²) in [6.07, 6.45) is 1.98. The van der Waals surface area contributed by atoms with Crippen LogP contribution in [0.3, 0.4) is 0 Å². The second-order valence-electron chi connectivity index (χ2n) is 7.83. The molecule has 9 nitrogen and oxygen atoms in total. The Morgan fingerprint density at radius 2 is 1.79 bits per heavy atom. The molecule has 0 atom stereocenters. The van der Waals surface area contributed by atoms with Crippen molar-refractivity contribution in [3.63, 3.8) is 0 Å². The second kappa shape index (κ2) is 9.92. The lowest BCUT2D eigenvalue weighted by atomic mass is 10.2. The molecule has 0 bridgehead atoms. The van der Waals surface area contributed by atoms with Crippen LogP contribution in [0.4, 0.5) is 17.1 Å². The van der Waals surface area contributed by atoms with Crippen LogP contribution >= 0.6 is 11.8 Å². The van der Waals surface area contributed by atoms with E-state index >= 15 is 0 Å². The molecule has 2 aliphatic rings. The Hall–Kier alpha value is -2.92. The van der Waals surface area contributed by atoms with Gasteiger partial charge in [0.25, 0.3) is 10.0 Å². The minimum Gasteiger partial charge on any atom is -0.497 e. The molecule has 11 heteroatoms. The van der Waals surface area contributed by atoms with Crippen molar-refractivity contribution in [2.45, 2.75) is 17.7 Å². The highest BCUT2D eigenvalue weighted by atomic mass is 32.2. The number of carbonyl (C=O) groups is 2. The molecule has 33 heavy (non-hydrogen) atoms. The van der Waals surface area contributed by atoms with E-state index in [2.05, 4.69) is 10.0 Å². The van der Waals surface area contributed by atoms with Gasteiger partial charge in [-0.3, -0.25) is 14.3 Å². The van der Waals surface area contributed by atoms with Gasteiger partial charge in [0.15, 0.2) is 0 Å². The van der Waals surface area contributed by atoms with Gasteiger partial charge in [0.2, 0.25) is 11.8 Å². The first-order chi connectivity index (χ1) is 15.9. The van der Waals surface area contributed by atoms with Gasteiger partial charge in [-0.25, -0.2) is 8.42 Å². The van der Waals surface area contributed by atoms with Crippen LogP contribution in [-0.4, -0.2) is 63.5 Å². The molecule has 2 aromatic carbocycles. The molecule has 0 unspecified atom stereocenters. The number of benzene rings is 2. The number of methoxy groups -OCH3 is 1. The van der Waals surface area contributed by atoms with Crippen LogP contribution < -0.4 is 19.7 Å². The van der Waals surface area contributed by atoms with Crippen LogP contribution in [-0.2, 0) is 19.6 Å². The highest BCUT2D eigenvalue weighted by Gasteiger charge is 2.26. The first-order valence-corrected chi connectivity index (χ1v) is 13.2. The van der Waals surface area contributed by atoms with Crippen LogP contribution in [0.25, 0.3) is 0 Å². The van der Waals surface area contributed by atoms with Gasteiger partial charge in [0.05, 0.1) is 24.4 Å². The van der Waals surface area contributed by atoms with Crippen molar-refractivity contribution in [1.82, 2.24) is 4.90 Å². The van der Waals surface area contributed by atoms with Crippen LogP contribution in [0, 0.1) is 0 Å². The van der Waals surface area contributed by atoms with E-state index < -0.39 is 10.0 Å². The molecule has 2 fully saturated rings. The third-order valence-electron chi connectivity index (χ3n) is 5.48. The molecule has 0 spiro atoms. The summed E-state index contributed by atoms with van der Waals surface area (Å²) in [6, 6.07) is 11.5. The SMILES string of the molecule is COc1ccc(NS(=O)(=O)c2cc(NC(=O)CN3CSCC3=O)ccc2N2CCCC2)cc1. The summed E-state index contributed by atoms with van der Waals surface area (Å²) in [4.78, 5) is 27.8. The number of ether oxygens (including phenoxy) is 1. The Kier molecular flexibility index (Phi) is 6.99. The highest BCUT2D eigenvalue weighted by molar-refractivity contribution is 8.00. The average Bonchev–Trinajstić information content (AvgIpc) is 3.46. The number of carbonyl (C=O) groups excluding carboxylic acids is 2. The van der Waals surface area contributed by atoms with Crippen LogP contribution in [0.15, 0.2) is 47.4 Å². The Morgan fingerprint density at radius 3 is 2.42 bits per heavy atom. The fourth-order valence-electron chi connectivity index (χ4n) is 3.81. The summed E-state index contributed by atoms with van der Waals surface area (Å²) in [7, 11) is -2.40. The van der Waals surface area contributed by atoms with E-state index in [9.17, 15) is 18.0 Å². The molecule has 2 aromatic rings. The predicted molar refractivity (Wildman–Crippen MR) is 129 cm³/mol. The Bertz CT molecular complexity index is 1130. The molecular weight excluding hydrogens is 464 g/mol. The first-order valence-electron chi connectivity index (χ1n) is 10.6. The second-order valence-corrected chi connectivity index (χ2v) is 10.4. The molecule has 176 valence electrons. The van der Waals surface area contributed by atoms with Crippen molar-refractivity contribution in [1.29, 1.82) is 0 Å². The Labute approximate surface area is 197 Å². The minimum atomic E-state index is -3.94. The molecule has 0 aliphatic carbocycles. The maximum atomic E-state index is 13.4. The van der Waals surface area contributed by atoms with Gasteiger partial charge in [-0.05, 0) is 55.3 Å². The third-order valence-corrected chi connectivity index (χ3v) is 7.84. The van der Waals surface area contributed by atoms with Crippen molar-refractivity contribution >= 4 is 50.7 Å². The van der Waals surface area contributed by atoms with Crippen LogP contribution in [0.2, 0.25) is 0 Å². The number of nitrogens with one attached hydrogen (secondary N) is 2. The minimum absolute atomic E-state index is 0.0636. The number of sulfonamides is 1. The molecule has 2 amide bonds. The number of hydrogen-bond donors (Lipinski definition) is 2. The standard InChI is InChI=1S/C22H26N4O5S2/c1-31-18-7-4-16(5-8-18)24-33(29,30)20-12-17(6-9-19(20)25-10-2-3-11-25)23-21(27)13-26-15-32-14-22(26)28/h4-9,12,24H,2-3,10-11,13-15H2,1H3,(H,23,27). The molecule has 4 rings (SSSR count). The third kappa shape index (κ3) is 5.53. The molecule has 2 saturated heterocycles. The molecule has 0 saturated carbocycles. The van der Waals surface area contributed by atoms with Crippen molar-refractivity contribution in [3.8, 4) is 5.75 Å². The molecule has 0 radical (unpaired) electrons. The Morgan fingerprint density at radius 1 is 1.09 bits per heavy atom. The number of rotatable bonds is 8.